The molecule has 0 spiro atoms. The Hall–Kier alpha value is -1.36. The molecule has 1 aliphatic heterocycles. The lowest BCUT2D eigenvalue weighted by Gasteiger charge is -2.33. The van der Waals surface area contributed by atoms with E-state index in [1.54, 1.807) is 10.9 Å². The van der Waals surface area contributed by atoms with Crippen molar-refractivity contribution in [3.63, 3.8) is 0 Å². The second-order valence-corrected chi connectivity index (χ2v) is 5.41. The zero-order valence-electron chi connectivity index (χ0n) is 11.8. The van der Waals surface area contributed by atoms with Crippen molar-refractivity contribution >= 4 is 5.91 Å². The SMILES string of the molecule is Cc1ncn(C)c1C(=O)N1CCCC(CCCO)C1. The van der Waals surface area contributed by atoms with Crippen molar-refractivity contribution < 1.29 is 9.90 Å². The Kier molecular flexibility index (Phi) is 4.58. The van der Waals surface area contributed by atoms with E-state index >= 15 is 0 Å². The first-order valence-electron chi connectivity index (χ1n) is 7.01. The van der Waals surface area contributed by atoms with Crippen LogP contribution >= 0.6 is 0 Å². The lowest BCUT2D eigenvalue weighted by Crippen LogP contribution is -2.40. The molecule has 1 atom stereocenters. The molecule has 106 valence electrons. The van der Waals surface area contributed by atoms with Crippen molar-refractivity contribution in [1.29, 1.82) is 0 Å². The summed E-state index contributed by atoms with van der Waals surface area (Å²) in [6.45, 7) is 3.76. The van der Waals surface area contributed by atoms with Crippen LogP contribution in [-0.4, -0.2) is 45.2 Å². The molecule has 1 amide bonds. The molecule has 0 aromatic carbocycles. The van der Waals surface area contributed by atoms with Gasteiger partial charge in [-0.2, -0.15) is 0 Å². The smallest absolute Gasteiger partial charge is 0.272 e. The number of carbonyl (C=O) groups excluding carboxylic acids is 1. The Morgan fingerprint density at radius 1 is 1.58 bits per heavy atom. The fraction of sp³-hybridized carbons (Fsp3) is 0.714. The highest BCUT2D eigenvalue weighted by Crippen LogP contribution is 2.22. The van der Waals surface area contributed by atoms with Gasteiger partial charge in [-0.05, 0) is 38.5 Å². The molecule has 0 radical (unpaired) electrons. The summed E-state index contributed by atoms with van der Waals surface area (Å²) >= 11 is 0. The van der Waals surface area contributed by atoms with Crippen molar-refractivity contribution in [2.75, 3.05) is 19.7 Å². The summed E-state index contributed by atoms with van der Waals surface area (Å²) in [5.74, 6) is 0.615. The number of nitrogens with zero attached hydrogens (tertiary/aromatic N) is 3. The molecule has 1 aromatic rings. The van der Waals surface area contributed by atoms with Crippen LogP contribution in [0.15, 0.2) is 6.33 Å². The summed E-state index contributed by atoms with van der Waals surface area (Å²) in [5, 5.41) is 8.90. The predicted octanol–water partition coefficient (Wildman–Crippen LogP) is 1.35. The topological polar surface area (TPSA) is 58.4 Å². The Morgan fingerprint density at radius 3 is 3.00 bits per heavy atom. The predicted molar refractivity (Wildman–Crippen MR) is 72.9 cm³/mol. The number of likely N-dealkylation sites (tertiary alicyclic amines) is 1. The van der Waals surface area contributed by atoms with E-state index in [1.807, 2.05) is 18.9 Å². The number of carbonyl (C=O) groups is 1. The quantitative estimate of drug-likeness (QED) is 0.894. The third-order valence-electron chi connectivity index (χ3n) is 3.90. The standard InChI is InChI=1S/C14H23N3O2/c1-11-13(16(2)10-15-11)14(19)17-7-3-5-12(9-17)6-4-8-18/h10,12,18H,3-9H2,1-2H3. The molecular weight excluding hydrogens is 242 g/mol. The van der Waals surface area contributed by atoms with E-state index in [2.05, 4.69) is 4.98 Å². The minimum atomic E-state index is 0.0891. The van der Waals surface area contributed by atoms with Crippen molar-refractivity contribution in [3.8, 4) is 0 Å². The lowest BCUT2D eigenvalue weighted by atomic mass is 9.93. The molecule has 5 heteroatoms. The third kappa shape index (κ3) is 3.15. The molecule has 1 fully saturated rings. The summed E-state index contributed by atoms with van der Waals surface area (Å²) < 4.78 is 1.80. The van der Waals surface area contributed by atoms with Crippen LogP contribution in [0.1, 0.15) is 41.9 Å². The van der Waals surface area contributed by atoms with Crippen LogP contribution in [0.2, 0.25) is 0 Å². The van der Waals surface area contributed by atoms with Crippen LogP contribution in [0.4, 0.5) is 0 Å². The number of aromatic nitrogens is 2. The van der Waals surface area contributed by atoms with Crippen molar-refractivity contribution in [2.45, 2.75) is 32.6 Å². The second-order valence-electron chi connectivity index (χ2n) is 5.41. The zero-order valence-corrected chi connectivity index (χ0v) is 11.8. The van der Waals surface area contributed by atoms with Gasteiger partial charge < -0.3 is 14.6 Å². The van der Waals surface area contributed by atoms with Crippen LogP contribution in [-0.2, 0) is 7.05 Å². The van der Waals surface area contributed by atoms with E-state index in [9.17, 15) is 4.79 Å². The van der Waals surface area contributed by atoms with E-state index in [0.717, 1.165) is 44.5 Å². The van der Waals surface area contributed by atoms with Gasteiger partial charge >= 0.3 is 0 Å². The van der Waals surface area contributed by atoms with Crippen LogP contribution in [0.3, 0.4) is 0 Å². The van der Waals surface area contributed by atoms with Gasteiger partial charge in [0.05, 0.1) is 12.0 Å². The fourth-order valence-corrected chi connectivity index (χ4v) is 2.87. The molecule has 2 heterocycles. The third-order valence-corrected chi connectivity index (χ3v) is 3.90. The number of amides is 1. The average molecular weight is 265 g/mol. The van der Waals surface area contributed by atoms with Gasteiger partial charge in [0.2, 0.25) is 0 Å². The van der Waals surface area contributed by atoms with Gasteiger partial charge in [0.1, 0.15) is 5.69 Å². The molecule has 1 unspecified atom stereocenters. The molecule has 1 aromatic heterocycles. The maximum Gasteiger partial charge on any atom is 0.272 e. The van der Waals surface area contributed by atoms with E-state index in [-0.39, 0.29) is 12.5 Å². The van der Waals surface area contributed by atoms with E-state index in [4.69, 9.17) is 5.11 Å². The molecule has 1 saturated heterocycles. The van der Waals surface area contributed by atoms with Gasteiger partial charge in [-0.1, -0.05) is 0 Å². The fourth-order valence-electron chi connectivity index (χ4n) is 2.87. The van der Waals surface area contributed by atoms with Crippen LogP contribution in [0, 0.1) is 12.8 Å². The maximum atomic E-state index is 12.5. The van der Waals surface area contributed by atoms with Gasteiger partial charge in [-0.3, -0.25) is 4.79 Å². The van der Waals surface area contributed by atoms with E-state index in [1.165, 1.54) is 0 Å². The van der Waals surface area contributed by atoms with Gasteiger partial charge in [0, 0.05) is 26.7 Å². The molecular formula is C14H23N3O2. The first kappa shape index (κ1) is 14.1. The number of hydrogen-bond acceptors (Lipinski definition) is 3. The van der Waals surface area contributed by atoms with Gasteiger partial charge in [-0.15, -0.1) is 0 Å². The molecule has 0 bridgehead atoms. The summed E-state index contributed by atoms with van der Waals surface area (Å²) in [4.78, 5) is 18.7. The Labute approximate surface area is 114 Å². The van der Waals surface area contributed by atoms with Crippen molar-refractivity contribution in [3.05, 3.63) is 17.7 Å². The Balaban J connectivity index is 2.03. The van der Waals surface area contributed by atoms with Gasteiger partial charge in [-0.25, -0.2) is 4.98 Å². The molecule has 5 nitrogen and oxygen atoms in total. The molecule has 0 aliphatic carbocycles. The second kappa shape index (κ2) is 6.19. The zero-order chi connectivity index (χ0) is 13.8. The number of aryl methyl sites for hydroxylation is 2. The number of rotatable bonds is 4. The van der Waals surface area contributed by atoms with Crippen LogP contribution in [0.5, 0.6) is 0 Å². The van der Waals surface area contributed by atoms with E-state index in [0.29, 0.717) is 11.6 Å². The summed E-state index contributed by atoms with van der Waals surface area (Å²) in [6.07, 6.45) is 5.74. The Bertz CT molecular complexity index is 422. The summed E-state index contributed by atoms with van der Waals surface area (Å²) in [6, 6.07) is 0. The monoisotopic (exact) mass is 265 g/mol. The molecule has 1 N–H and O–H groups in total. The van der Waals surface area contributed by atoms with E-state index < -0.39 is 0 Å². The number of aliphatic hydroxyl groups excluding tert-OH is 1. The summed E-state index contributed by atoms with van der Waals surface area (Å²) in [7, 11) is 1.86. The lowest BCUT2D eigenvalue weighted by molar-refractivity contribution is 0.0653. The Morgan fingerprint density at radius 2 is 2.37 bits per heavy atom. The van der Waals surface area contributed by atoms with Crippen LogP contribution < -0.4 is 0 Å². The maximum absolute atomic E-state index is 12.5. The first-order chi connectivity index (χ1) is 9.13. The minimum Gasteiger partial charge on any atom is -0.396 e. The highest BCUT2D eigenvalue weighted by Gasteiger charge is 2.26. The molecule has 1 aliphatic rings. The number of imidazole rings is 1. The largest absolute Gasteiger partial charge is 0.396 e. The average Bonchev–Trinajstić information content (AvgIpc) is 2.75. The molecule has 2 rings (SSSR count). The highest BCUT2D eigenvalue weighted by atomic mass is 16.2. The highest BCUT2D eigenvalue weighted by molar-refractivity contribution is 5.93. The van der Waals surface area contributed by atoms with Gasteiger partial charge in [0.15, 0.2) is 0 Å². The number of aliphatic hydroxyl groups is 1. The molecule has 0 saturated carbocycles. The van der Waals surface area contributed by atoms with Crippen molar-refractivity contribution in [2.24, 2.45) is 13.0 Å². The van der Waals surface area contributed by atoms with Crippen molar-refractivity contribution in [1.82, 2.24) is 14.5 Å². The first-order valence-corrected chi connectivity index (χ1v) is 7.01. The summed E-state index contributed by atoms with van der Waals surface area (Å²) in [5.41, 5.74) is 1.49. The van der Waals surface area contributed by atoms with Gasteiger partial charge in [0.25, 0.3) is 5.91 Å². The normalized spacial score (nSPS) is 19.7. The minimum absolute atomic E-state index is 0.0891. The van der Waals surface area contributed by atoms with Crippen LogP contribution in [0.25, 0.3) is 0 Å². The number of hydrogen-bond donors (Lipinski definition) is 1. The molecule has 19 heavy (non-hydrogen) atoms. The number of piperidine rings is 1.